The van der Waals surface area contributed by atoms with Gasteiger partial charge in [-0.25, -0.2) is 4.98 Å². The minimum atomic E-state index is -0.187. The number of benzene rings is 1. The van der Waals surface area contributed by atoms with Gasteiger partial charge >= 0.3 is 0 Å². The molecule has 3 N–H and O–H groups in total. The third kappa shape index (κ3) is 3.88. The van der Waals surface area contributed by atoms with Gasteiger partial charge in [0.05, 0.1) is 17.3 Å². The predicted molar refractivity (Wildman–Crippen MR) is 121 cm³/mol. The Bertz CT molecular complexity index is 1150. The summed E-state index contributed by atoms with van der Waals surface area (Å²) in [5.41, 5.74) is 3.87. The highest BCUT2D eigenvalue weighted by atomic mass is 32.1. The fraction of sp³-hybridized carbons (Fsp3) is 0.318. The molecule has 0 bridgehead atoms. The molecule has 1 aliphatic carbocycles. The number of aryl methyl sites for hydroxylation is 1. The van der Waals surface area contributed by atoms with Gasteiger partial charge in [-0.05, 0) is 68.4 Å². The summed E-state index contributed by atoms with van der Waals surface area (Å²) >= 11 is 1.40. The number of hydrogen-bond donors (Lipinski definition) is 3. The molecule has 3 aromatic heterocycles. The van der Waals surface area contributed by atoms with Crippen molar-refractivity contribution in [2.75, 3.05) is 10.6 Å². The van der Waals surface area contributed by atoms with Gasteiger partial charge in [-0.2, -0.15) is 9.36 Å². The molecule has 0 unspecified atom stereocenters. The highest BCUT2D eigenvalue weighted by Crippen LogP contribution is 2.30. The van der Waals surface area contributed by atoms with E-state index in [-0.39, 0.29) is 12.1 Å². The van der Waals surface area contributed by atoms with Gasteiger partial charge in [0.15, 0.2) is 5.82 Å². The minimum Gasteiger partial charge on any atom is -0.393 e. The maximum Gasteiger partial charge on any atom is 0.230 e. The van der Waals surface area contributed by atoms with E-state index in [1.165, 1.54) is 11.5 Å². The van der Waals surface area contributed by atoms with Crippen LogP contribution < -0.4 is 10.6 Å². The Hall–Kier alpha value is -2.97. The number of anilines is 3. The van der Waals surface area contributed by atoms with E-state index >= 15 is 0 Å². The molecular weight excluding hydrogens is 396 g/mol. The van der Waals surface area contributed by atoms with Gasteiger partial charge in [0.2, 0.25) is 5.95 Å². The Labute approximate surface area is 179 Å². The molecule has 0 radical (unpaired) electrons. The highest BCUT2D eigenvalue weighted by molar-refractivity contribution is 7.10. The van der Waals surface area contributed by atoms with Crippen LogP contribution in [-0.4, -0.2) is 36.2 Å². The van der Waals surface area contributed by atoms with Crippen molar-refractivity contribution >= 4 is 39.3 Å². The number of aliphatic hydroxyl groups is 1. The molecule has 1 fully saturated rings. The number of fused-ring (bicyclic) bond motifs is 1. The van der Waals surface area contributed by atoms with E-state index in [0.717, 1.165) is 58.9 Å². The Morgan fingerprint density at radius 2 is 1.87 bits per heavy atom. The fourth-order valence-electron chi connectivity index (χ4n) is 3.95. The van der Waals surface area contributed by atoms with Gasteiger partial charge in [0.1, 0.15) is 10.5 Å². The van der Waals surface area contributed by atoms with Crippen molar-refractivity contribution in [3.8, 4) is 5.69 Å². The Morgan fingerprint density at radius 3 is 2.60 bits per heavy atom. The van der Waals surface area contributed by atoms with E-state index < -0.39 is 0 Å². The first-order valence-electron chi connectivity index (χ1n) is 10.3. The van der Waals surface area contributed by atoms with E-state index in [9.17, 15) is 5.11 Å². The van der Waals surface area contributed by atoms with Crippen LogP contribution in [0.25, 0.3) is 16.7 Å². The van der Waals surface area contributed by atoms with Crippen molar-refractivity contribution in [2.45, 2.75) is 44.8 Å². The number of rotatable bonds is 5. The topological polar surface area (TPSA) is 87.9 Å². The predicted octanol–water partition coefficient (Wildman–Crippen LogP) is 4.64. The van der Waals surface area contributed by atoms with Crippen LogP contribution in [0.5, 0.6) is 0 Å². The minimum absolute atomic E-state index is 0.187. The molecule has 4 aromatic rings. The summed E-state index contributed by atoms with van der Waals surface area (Å²) < 4.78 is 6.44. The number of aromatic nitrogens is 4. The summed E-state index contributed by atoms with van der Waals surface area (Å²) in [5, 5.41) is 17.7. The van der Waals surface area contributed by atoms with E-state index in [2.05, 4.69) is 31.7 Å². The molecule has 7 nitrogen and oxygen atoms in total. The van der Waals surface area contributed by atoms with Crippen LogP contribution in [0.2, 0.25) is 0 Å². The van der Waals surface area contributed by atoms with Crippen molar-refractivity contribution in [1.82, 2.24) is 18.9 Å². The van der Waals surface area contributed by atoms with Gasteiger partial charge in [0.25, 0.3) is 0 Å². The van der Waals surface area contributed by atoms with Crippen LogP contribution in [0.3, 0.4) is 0 Å². The zero-order chi connectivity index (χ0) is 20.5. The van der Waals surface area contributed by atoms with Crippen molar-refractivity contribution in [1.29, 1.82) is 0 Å². The normalized spacial score (nSPS) is 19.1. The van der Waals surface area contributed by atoms with Crippen molar-refractivity contribution in [3.63, 3.8) is 0 Å². The number of nitrogens with one attached hydrogen (secondary N) is 2. The summed E-state index contributed by atoms with van der Waals surface area (Å²) in [4.78, 5) is 9.59. The van der Waals surface area contributed by atoms with Crippen LogP contribution in [0, 0.1) is 6.92 Å². The molecule has 5 rings (SSSR count). The number of nitrogens with zero attached hydrogens (tertiary/aromatic N) is 4. The van der Waals surface area contributed by atoms with Crippen molar-refractivity contribution < 1.29 is 5.11 Å². The quantitative estimate of drug-likeness (QED) is 0.436. The van der Waals surface area contributed by atoms with Crippen LogP contribution in [0.15, 0.2) is 48.7 Å². The molecule has 0 amide bonds. The second-order valence-corrected chi connectivity index (χ2v) is 8.56. The third-order valence-electron chi connectivity index (χ3n) is 5.47. The fourth-order valence-corrected chi connectivity index (χ4v) is 4.61. The Morgan fingerprint density at radius 1 is 1.07 bits per heavy atom. The summed E-state index contributed by atoms with van der Waals surface area (Å²) in [7, 11) is 0. The largest absolute Gasteiger partial charge is 0.393 e. The molecule has 0 aliphatic heterocycles. The summed E-state index contributed by atoms with van der Waals surface area (Å²) in [6.07, 6.45) is 5.33. The zero-order valence-electron chi connectivity index (χ0n) is 16.7. The molecule has 0 saturated heterocycles. The van der Waals surface area contributed by atoms with Gasteiger partial charge in [-0.3, -0.25) is 0 Å². The Balaban J connectivity index is 1.55. The molecular formula is C22H24N6OS. The lowest BCUT2D eigenvalue weighted by Crippen LogP contribution is -2.28. The van der Waals surface area contributed by atoms with Crippen LogP contribution in [0.4, 0.5) is 16.8 Å². The van der Waals surface area contributed by atoms with E-state index in [0.29, 0.717) is 5.95 Å². The smallest absolute Gasteiger partial charge is 0.230 e. The molecule has 1 aromatic carbocycles. The third-order valence-corrected chi connectivity index (χ3v) is 6.26. The average Bonchev–Trinajstić information content (AvgIpc) is 3.36. The first-order chi connectivity index (χ1) is 14.7. The van der Waals surface area contributed by atoms with Crippen molar-refractivity contribution in [3.05, 3.63) is 54.4 Å². The summed E-state index contributed by atoms with van der Waals surface area (Å²) in [5.74, 6) is 1.36. The van der Waals surface area contributed by atoms with Crippen LogP contribution >= 0.6 is 11.5 Å². The first kappa shape index (κ1) is 19.0. The molecule has 8 heteroatoms. The van der Waals surface area contributed by atoms with Gasteiger partial charge in [-0.1, -0.05) is 18.2 Å². The molecule has 1 saturated carbocycles. The van der Waals surface area contributed by atoms with Gasteiger partial charge < -0.3 is 20.3 Å². The molecule has 0 atom stereocenters. The SMILES string of the molecule is Cc1cc(Nc2nc(NC3CCC(O)CC3)c3c(ccn3-c3ccccc3)n2)sn1. The van der Waals surface area contributed by atoms with Crippen LogP contribution in [0.1, 0.15) is 31.4 Å². The van der Waals surface area contributed by atoms with Gasteiger partial charge in [-0.15, -0.1) is 0 Å². The van der Waals surface area contributed by atoms with Crippen molar-refractivity contribution in [2.24, 2.45) is 0 Å². The van der Waals surface area contributed by atoms with E-state index in [4.69, 9.17) is 9.97 Å². The second-order valence-electron chi connectivity index (χ2n) is 7.76. The first-order valence-corrected chi connectivity index (χ1v) is 11.0. The van der Waals surface area contributed by atoms with E-state index in [1.54, 1.807) is 0 Å². The lowest BCUT2D eigenvalue weighted by atomic mass is 9.93. The second kappa shape index (κ2) is 8.04. The maximum atomic E-state index is 9.86. The highest BCUT2D eigenvalue weighted by Gasteiger charge is 2.22. The number of para-hydroxylation sites is 1. The molecule has 30 heavy (non-hydrogen) atoms. The average molecular weight is 421 g/mol. The van der Waals surface area contributed by atoms with E-state index in [1.807, 2.05) is 43.5 Å². The zero-order valence-corrected chi connectivity index (χ0v) is 17.6. The standard InChI is InChI=1S/C22H24N6OS/c1-14-13-19(30-27-14)25-22-24-18-11-12-28(16-5-3-2-4-6-16)20(18)21(26-22)23-15-7-9-17(29)10-8-15/h2-6,11-13,15,17,29H,7-10H2,1H3,(H2,23,24,25,26). The molecule has 3 heterocycles. The maximum absolute atomic E-state index is 9.86. The van der Waals surface area contributed by atoms with Crippen LogP contribution in [-0.2, 0) is 0 Å². The summed E-state index contributed by atoms with van der Waals surface area (Å²) in [6.45, 7) is 1.97. The summed E-state index contributed by atoms with van der Waals surface area (Å²) in [6, 6.07) is 14.5. The number of aliphatic hydroxyl groups excluding tert-OH is 1. The Kier molecular flexibility index (Phi) is 5.10. The monoisotopic (exact) mass is 420 g/mol. The molecule has 0 spiro atoms. The lowest BCUT2D eigenvalue weighted by Gasteiger charge is -2.27. The van der Waals surface area contributed by atoms with Gasteiger partial charge in [0, 0.05) is 17.9 Å². The molecule has 1 aliphatic rings. The molecule has 154 valence electrons. The number of hydrogen-bond acceptors (Lipinski definition) is 7. The lowest BCUT2D eigenvalue weighted by molar-refractivity contribution is 0.126.